The van der Waals surface area contributed by atoms with Gasteiger partial charge < -0.3 is 30.3 Å². The number of methoxy groups -OCH3 is 1. The van der Waals surface area contributed by atoms with E-state index in [1.165, 1.54) is 22.9 Å². The van der Waals surface area contributed by atoms with Crippen molar-refractivity contribution in [3.63, 3.8) is 0 Å². The summed E-state index contributed by atoms with van der Waals surface area (Å²) in [4.78, 5) is 23.7. The van der Waals surface area contributed by atoms with Gasteiger partial charge in [0.05, 0.1) is 31.1 Å². The van der Waals surface area contributed by atoms with E-state index in [-0.39, 0.29) is 12.5 Å². The van der Waals surface area contributed by atoms with E-state index < -0.39 is 5.82 Å². The number of hydrogen-bond acceptors (Lipinski definition) is 9. The Morgan fingerprint density at radius 1 is 1.13 bits per heavy atom. The first-order valence-corrected chi connectivity index (χ1v) is 12.8. The molecule has 1 saturated heterocycles. The monoisotopic (exact) mass is 534 g/mol. The fourth-order valence-electron chi connectivity index (χ4n) is 4.33. The molecule has 1 aliphatic heterocycles. The lowest BCUT2D eigenvalue weighted by Gasteiger charge is -2.27. The maximum atomic E-state index is 13.3. The molecule has 11 nitrogen and oxygen atoms in total. The van der Waals surface area contributed by atoms with E-state index in [1.54, 1.807) is 31.8 Å². The number of benzene rings is 2. The summed E-state index contributed by atoms with van der Waals surface area (Å²) in [5.74, 6) is 0.892. The van der Waals surface area contributed by atoms with Gasteiger partial charge in [-0.15, -0.1) is 0 Å². The maximum Gasteiger partial charge on any atom is 0.246 e. The molecule has 0 bridgehead atoms. The predicted molar refractivity (Wildman–Crippen MR) is 146 cm³/mol. The highest BCUT2D eigenvalue weighted by molar-refractivity contribution is 5.90. The van der Waals surface area contributed by atoms with E-state index >= 15 is 0 Å². The normalized spacial score (nSPS) is 13.8. The number of carbonyl (C=O) groups is 1. The molecule has 0 spiro atoms. The van der Waals surface area contributed by atoms with Gasteiger partial charge in [0.2, 0.25) is 11.9 Å². The van der Waals surface area contributed by atoms with E-state index in [0.29, 0.717) is 40.9 Å². The van der Waals surface area contributed by atoms with Crippen LogP contribution in [0.25, 0.3) is 10.9 Å². The molecular formula is C27H31FN8O3. The summed E-state index contributed by atoms with van der Waals surface area (Å²) in [6.45, 7) is 5.72. The van der Waals surface area contributed by atoms with Gasteiger partial charge in [-0.2, -0.15) is 5.10 Å². The Labute approximate surface area is 225 Å². The predicted octanol–water partition coefficient (Wildman–Crippen LogP) is 3.03. The minimum absolute atomic E-state index is 0.0358. The summed E-state index contributed by atoms with van der Waals surface area (Å²) in [5, 5.41) is 14.1. The Morgan fingerprint density at radius 3 is 2.82 bits per heavy atom. The van der Waals surface area contributed by atoms with Crippen LogP contribution < -0.4 is 25.4 Å². The van der Waals surface area contributed by atoms with Crippen LogP contribution in [0.5, 0.6) is 11.5 Å². The number of hydrogen-bond donors (Lipinski definition) is 3. The summed E-state index contributed by atoms with van der Waals surface area (Å²) in [6.07, 6.45) is 5.86. The Morgan fingerprint density at radius 2 is 2.00 bits per heavy atom. The smallest absolute Gasteiger partial charge is 0.246 e. The standard InChI is InChI=1S/C27H31FN8O3/c1-38-24-12-19-15-30-27(34-23(19)14-25(24)39-11-3-8-35-9-6-29-7-10-35)33-22-16-31-36(17-22)18-26(37)32-21-5-2-4-20(28)13-21/h2,4-5,12-17,29H,3,6-11,18H2,1H3,(H,32,37)(H,30,33,34). The fourth-order valence-corrected chi connectivity index (χ4v) is 4.33. The highest BCUT2D eigenvalue weighted by atomic mass is 19.1. The maximum absolute atomic E-state index is 13.3. The molecule has 2 aromatic carbocycles. The second-order valence-electron chi connectivity index (χ2n) is 9.16. The largest absolute Gasteiger partial charge is 0.493 e. The molecule has 3 heterocycles. The minimum Gasteiger partial charge on any atom is -0.493 e. The molecule has 0 atom stereocenters. The van der Waals surface area contributed by atoms with Crippen molar-refractivity contribution in [2.75, 3.05) is 57.1 Å². The SMILES string of the molecule is COc1cc2cnc(Nc3cnn(CC(=O)Nc4cccc(F)c4)c3)nc2cc1OCCCN1CCNCC1. The van der Waals surface area contributed by atoms with Crippen molar-refractivity contribution < 1.29 is 18.7 Å². The van der Waals surface area contributed by atoms with E-state index in [0.717, 1.165) is 44.5 Å². The molecular weight excluding hydrogens is 503 g/mol. The molecule has 0 radical (unpaired) electrons. The number of amides is 1. The highest BCUT2D eigenvalue weighted by Crippen LogP contribution is 2.32. The number of anilines is 3. The average molecular weight is 535 g/mol. The number of fused-ring (bicyclic) bond motifs is 1. The minimum atomic E-state index is -0.420. The molecule has 1 aliphatic rings. The molecule has 39 heavy (non-hydrogen) atoms. The van der Waals surface area contributed by atoms with Gasteiger partial charge in [-0.3, -0.25) is 9.48 Å². The summed E-state index contributed by atoms with van der Waals surface area (Å²) in [5.41, 5.74) is 1.70. The lowest BCUT2D eigenvalue weighted by atomic mass is 10.2. The van der Waals surface area contributed by atoms with Crippen LogP contribution in [-0.2, 0) is 11.3 Å². The lowest BCUT2D eigenvalue weighted by Crippen LogP contribution is -2.43. The zero-order valence-electron chi connectivity index (χ0n) is 21.7. The molecule has 0 saturated carbocycles. The van der Waals surface area contributed by atoms with Crippen LogP contribution >= 0.6 is 0 Å². The van der Waals surface area contributed by atoms with Crippen LogP contribution in [0, 0.1) is 5.82 Å². The zero-order chi connectivity index (χ0) is 27.0. The second kappa shape index (κ2) is 12.5. The molecule has 1 fully saturated rings. The molecule has 3 N–H and O–H groups in total. The van der Waals surface area contributed by atoms with E-state index in [1.807, 2.05) is 12.1 Å². The molecule has 0 aliphatic carbocycles. The van der Waals surface area contributed by atoms with Gasteiger partial charge in [0, 0.05) is 62.3 Å². The number of carbonyl (C=O) groups excluding carboxylic acids is 1. The van der Waals surface area contributed by atoms with Crippen molar-refractivity contribution in [2.24, 2.45) is 0 Å². The van der Waals surface area contributed by atoms with Crippen molar-refractivity contribution in [1.29, 1.82) is 0 Å². The van der Waals surface area contributed by atoms with Crippen molar-refractivity contribution in [3.8, 4) is 11.5 Å². The molecule has 5 rings (SSSR count). The summed E-state index contributed by atoms with van der Waals surface area (Å²) >= 11 is 0. The van der Waals surface area contributed by atoms with Crippen LogP contribution in [0.3, 0.4) is 0 Å². The number of halogens is 1. The Bertz CT molecular complexity index is 1420. The Hall–Kier alpha value is -4.29. The number of rotatable bonds is 11. The van der Waals surface area contributed by atoms with Gasteiger partial charge >= 0.3 is 0 Å². The summed E-state index contributed by atoms with van der Waals surface area (Å²) in [6, 6.07) is 9.44. The molecule has 0 unspecified atom stereocenters. The van der Waals surface area contributed by atoms with Gasteiger partial charge in [-0.1, -0.05) is 6.07 Å². The summed E-state index contributed by atoms with van der Waals surface area (Å²) in [7, 11) is 1.61. The highest BCUT2D eigenvalue weighted by Gasteiger charge is 2.12. The van der Waals surface area contributed by atoms with Crippen LogP contribution in [0.4, 0.5) is 21.7 Å². The van der Waals surface area contributed by atoms with Crippen LogP contribution in [0.15, 0.2) is 55.0 Å². The van der Waals surface area contributed by atoms with Crippen LogP contribution in [0.2, 0.25) is 0 Å². The van der Waals surface area contributed by atoms with Gasteiger partial charge in [-0.25, -0.2) is 14.4 Å². The fraction of sp³-hybridized carbons (Fsp3) is 0.333. The Balaban J connectivity index is 1.19. The molecule has 1 amide bonds. The lowest BCUT2D eigenvalue weighted by molar-refractivity contribution is -0.116. The molecule has 12 heteroatoms. The first kappa shape index (κ1) is 26.3. The molecule has 204 valence electrons. The van der Waals surface area contributed by atoms with Gasteiger partial charge in [-0.05, 0) is 30.7 Å². The van der Waals surface area contributed by atoms with Crippen molar-refractivity contribution in [2.45, 2.75) is 13.0 Å². The van der Waals surface area contributed by atoms with Gasteiger partial charge in [0.1, 0.15) is 12.4 Å². The van der Waals surface area contributed by atoms with Crippen LogP contribution in [-0.4, -0.2) is 77.0 Å². The summed E-state index contributed by atoms with van der Waals surface area (Å²) < 4.78 is 26.4. The third kappa shape index (κ3) is 7.18. The van der Waals surface area contributed by atoms with Crippen molar-refractivity contribution in [3.05, 3.63) is 60.8 Å². The van der Waals surface area contributed by atoms with E-state index in [4.69, 9.17) is 9.47 Å². The number of nitrogens with zero attached hydrogens (tertiary/aromatic N) is 5. The first-order valence-electron chi connectivity index (χ1n) is 12.8. The topological polar surface area (TPSA) is 118 Å². The van der Waals surface area contributed by atoms with E-state index in [2.05, 4.69) is 35.9 Å². The number of piperazine rings is 1. The van der Waals surface area contributed by atoms with Crippen molar-refractivity contribution >= 4 is 34.1 Å². The third-order valence-electron chi connectivity index (χ3n) is 6.25. The average Bonchev–Trinajstić information content (AvgIpc) is 3.37. The Kier molecular flexibility index (Phi) is 8.44. The number of nitrogens with one attached hydrogen (secondary N) is 3. The van der Waals surface area contributed by atoms with Gasteiger partial charge in [0.15, 0.2) is 11.5 Å². The zero-order valence-corrected chi connectivity index (χ0v) is 21.7. The molecule has 2 aromatic heterocycles. The van der Waals surface area contributed by atoms with Gasteiger partial charge in [0.25, 0.3) is 0 Å². The first-order chi connectivity index (χ1) is 19.1. The number of ether oxygens (including phenoxy) is 2. The third-order valence-corrected chi connectivity index (χ3v) is 6.25. The second-order valence-corrected chi connectivity index (χ2v) is 9.16. The quantitative estimate of drug-likeness (QED) is 0.250. The van der Waals surface area contributed by atoms with E-state index in [9.17, 15) is 9.18 Å². The molecule has 4 aromatic rings. The van der Waals surface area contributed by atoms with Crippen LogP contribution in [0.1, 0.15) is 6.42 Å². The van der Waals surface area contributed by atoms with Crippen molar-refractivity contribution in [1.82, 2.24) is 30.0 Å². The number of aromatic nitrogens is 4.